The molecular formula is C13H14BrFN4O2. The number of nitrogens with zero attached hydrogens (tertiary/aromatic N) is 4. The van der Waals surface area contributed by atoms with Crippen LogP contribution in [0.25, 0.3) is 10.4 Å². The lowest BCUT2D eigenvalue weighted by atomic mass is 10.1. The van der Waals surface area contributed by atoms with Crippen LogP contribution >= 0.6 is 15.9 Å². The summed E-state index contributed by atoms with van der Waals surface area (Å²) in [4.78, 5) is 16.3. The fourth-order valence-electron chi connectivity index (χ4n) is 2.32. The Bertz CT molecular complexity index is 604. The normalized spacial score (nSPS) is 17.8. The van der Waals surface area contributed by atoms with Gasteiger partial charge in [0.1, 0.15) is 5.82 Å². The quantitative estimate of drug-likeness (QED) is 0.458. The molecule has 1 aromatic rings. The molecule has 8 heteroatoms. The van der Waals surface area contributed by atoms with Crippen LogP contribution in [0.15, 0.2) is 21.7 Å². The third-order valence-corrected chi connectivity index (χ3v) is 3.77. The first-order valence-corrected chi connectivity index (χ1v) is 7.29. The Labute approximate surface area is 129 Å². The predicted octanol–water partition coefficient (Wildman–Crippen LogP) is 3.65. The van der Waals surface area contributed by atoms with Crippen molar-refractivity contribution in [2.45, 2.75) is 13.3 Å². The molecule has 1 amide bonds. The van der Waals surface area contributed by atoms with E-state index in [0.717, 1.165) is 0 Å². The number of azide groups is 1. The molecule has 0 aromatic heterocycles. The Morgan fingerprint density at radius 3 is 3.05 bits per heavy atom. The zero-order chi connectivity index (χ0) is 15.4. The third kappa shape index (κ3) is 3.46. The third-order valence-electron chi connectivity index (χ3n) is 3.18. The molecular weight excluding hydrogens is 343 g/mol. The molecule has 1 atom stereocenters. The van der Waals surface area contributed by atoms with Gasteiger partial charge in [0.15, 0.2) is 5.75 Å². The minimum absolute atomic E-state index is 0.0649. The van der Waals surface area contributed by atoms with Crippen molar-refractivity contribution < 1.29 is 13.9 Å². The second-order valence-electron chi connectivity index (χ2n) is 4.66. The second kappa shape index (κ2) is 6.78. The Morgan fingerprint density at radius 1 is 1.62 bits per heavy atom. The molecule has 1 unspecified atom stereocenters. The molecule has 1 fully saturated rings. The molecule has 0 aliphatic carbocycles. The summed E-state index contributed by atoms with van der Waals surface area (Å²) in [5.41, 5.74) is 8.75. The van der Waals surface area contributed by atoms with Gasteiger partial charge in [-0.2, -0.15) is 0 Å². The zero-order valence-corrected chi connectivity index (χ0v) is 13.0. The lowest BCUT2D eigenvalue weighted by Crippen LogP contribution is -2.25. The van der Waals surface area contributed by atoms with Crippen molar-refractivity contribution in [2.75, 3.05) is 24.6 Å². The van der Waals surface area contributed by atoms with Gasteiger partial charge in [-0.15, -0.1) is 0 Å². The number of halogens is 2. The predicted molar refractivity (Wildman–Crippen MR) is 79.7 cm³/mol. The maximum Gasteiger partial charge on any atom is 0.227 e. The summed E-state index contributed by atoms with van der Waals surface area (Å²) in [5, 5.41) is 3.50. The van der Waals surface area contributed by atoms with E-state index < -0.39 is 5.82 Å². The van der Waals surface area contributed by atoms with E-state index in [-0.39, 0.29) is 24.8 Å². The van der Waals surface area contributed by atoms with Crippen molar-refractivity contribution in [3.63, 3.8) is 0 Å². The van der Waals surface area contributed by atoms with E-state index >= 15 is 0 Å². The monoisotopic (exact) mass is 356 g/mol. The topological polar surface area (TPSA) is 78.3 Å². The molecule has 0 N–H and O–H groups in total. The largest absolute Gasteiger partial charge is 0.490 e. The molecule has 6 nitrogen and oxygen atoms in total. The lowest BCUT2D eigenvalue weighted by molar-refractivity contribution is -0.117. The Kier molecular flexibility index (Phi) is 5.03. The number of ether oxygens (including phenoxy) is 1. The van der Waals surface area contributed by atoms with Gasteiger partial charge in [0.2, 0.25) is 5.91 Å². The fraction of sp³-hybridized carbons (Fsp3) is 0.462. The lowest BCUT2D eigenvalue weighted by Gasteiger charge is -2.21. The van der Waals surface area contributed by atoms with Crippen molar-refractivity contribution >= 4 is 27.5 Å². The highest BCUT2D eigenvalue weighted by atomic mass is 79.9. The smallest absolute Gasteiger partial charge is 0.227 e. The van der Waals surface area contributed by atoms with Crippen LogP contribution < -0.4 is 9.64 Å². The Hall–Kier alpha value is -1.79. The maximum absolute atomic E-state index is 13.6. The highest BCUT2D eigenvalue weighted by molar-refractivity contribution is 9.10. The number of carbonyl (C=O) groups excluding carboxylic acids is 1. The number of hydrogen-bond acceptors (Lipinski definition) is 3. The van der Waals surface area contributed by atoms with Crippen LogP contribution in [0.1, 0.15) is 13.3 Å². The molecule has 0 saturated carbocycles. The molecule has 0 spiro atoms. The van der Waals surface area contributed by atoms with Crippen LogP contribution in [0.3, 0.4) is 0 Å². The van der Waals surface area contributed by atoms with E-state index in [1.165, 1.54) is 17.0 Å². The maximum atomic E-state index is 13.6. The molecule has 1 aliphatic heterocycles. The van der Waals surface area contributed by atoms with E-state index in [4.69, 9.17) is 10.3 Å². The second-order valence-corrected chi connectivity index (χ2v) is 5.51. The van der Waals surface area contributed by atoms with Crippen molar-refractivity contribution in [2.24, 2.45) is 11.0 Å². The van der Waals surface area contributed by atoms with Gasteiger partial charge in [0.05, 0.1) is 16.8 Å². The number of rotatable bonds is 5. The van der Waals surface area contributed by atoms with Gasteiger partial charge >= 0.3 is 0 Å². The average Bonchev–Trinajstić information content (AvgIpc) is 2.80. The summed E-state index contributed by atoms with van der Waals surface area (Å²) >= 11 is 3.25. The molecule has 21 heavy (non-hydrogen) atoms. The van der Waals surface area contributed by atoms with Gasteiger partial charge in [0, 0.05) is 30.5 Å². The molecule has 112 valence electrons. The Balaban J connectivity index is 2.32. The summed E-state index contributed by atoms with van der Waals surface area (Å²) in [5.74, 6) is -0.208. The van der Waals surface area contributed by atoms with Crippen molar-refractivity contribution in [3.05, 3.63) is 32.9 Å². The van der Waals surface area contributed by atoms with E-state index in [0.29, 0.717) is 29.1 Å². The fourth-order valence-corrected chi connectivity index (χ4v) is 2.86. The first-order chi connectivity index (χ1) is 10.1. The Morgan fingerprint density at radius 2 is 2.38 bits per heavy atom. The summed E-state index contributed by atoms with van der Waals surface area (Å²) in [7, 11) is 0. The van der Waals surface area contributed by atoms with Crippen LogP contribution in [-0.2, 0) is 4.79 Å². The number of hydrogen-bond donors (Lipinski definition) is 0. The van der Waals surface area contributed by atoms with Crippen LogP contribution in [0, 0.1) is 11.7 Å². The molecule has 1 saturated heterocycles. The molecule has 2 rings (SSSR count). The van der Waals surface area contributed by atoms with Crippen LogP contribution in [0.4, 0.5) is 10.1 Å². The first kappa shape index (κ1) is 15.6. The summed E-state index contributed by atoms with van der Waals surface area (Å²) in [6, 6.07) is 2.58. The van der Waals surface area contributed by atoms with E-state index in [1.54, 1.807) is 0 Å². The highest BCUT2D eigenvalue weighted by Crippen LogP contribution is 2.39. The van der Waals surface area contributed by atoms with Gasteiger partial charge in [0.25, 0.3) is 0 Å². The number of amides is 1. The zero-order valence-electron chi connectivity index (χ0n) is 11.4. The van der Waals surface area contributed by atoms with Crippen LogP contribution in [0.5, 0.6) is 5.75 Å². The highest BCUT2D eigenvalue weighted by Gasteiger charge is 2.32. The summed E-state index contributed by atoms with van der Waals surface area (Å²) in [6.45, 7) is 2.85. The van der Waals surface area contributed by atoms with Gasteiger partial charge in [-0.25, -0.2) is 4.39 Å². The van der Waals surface area contributed by atoms with Crippen LogP contribution in [0.2, 0.25) is 0 Å². The molecule has 0 radical (unpaired) electrons. The van der Waals surface area contributed by atoms with Crippen LogP contribution in [-0.4, -0.2) is 25.6 Å². The average molecular weight is 357 g/mol. The summed E-state index contributed by atoms with van der Waals surface area (Å²) < 4.78 is 19.6. The minimum atomic E-state index is -0.452. The van der Waals surface area contributed by atoms with Gasteiger partial charge < -0.3 is 9.64 Å². The van der Waals surface area contributed by atoms with E-state index in [2.05, 4.69) is 26.0 Å². The number of carbonyl (C=O) groups is 1. The van der Waals surface area contributed by atoms with Gasteiger partial charge in [-0.3, -0.25) is 4.79 Å². The number of anilines is 1. The molecule has 1 heterocycles. The standard InChI is InChI=1S/C13H14BrFN4O2/c1-2-21-13-10(14)4-9(15)5-11(13)19-7-8(3-12(19)20)6-17-18-16/h4-5,8H,2-3,6-7H2,1H3. The molecule has 0 bridgehead atoms. The molecule has 1 aliphatic rings. The first-order valence-electron chi connectivity index (χ1n) is 6.49. The van der Waals surface area contributed by atoms with Gasteiger partial charge in [-0.05, 0) is 40.4 Å². The van der Waals surface area contributed by atoms with Crippen molar-refractivity contribution in [1.29, 1.82) is 0 Å². The minimum Gasteiger partial charge on any atom is -0.490 e. The van der Waals surface area contributed by atoms with Gasteiger partial charge in [-0.1, -0.05) is 5.11 Å². The summed E-state index contributed by atoms with van der Waals surface area (Å²) in [6.07, 6.45) is 0.277. The SMILES string of the molecule is CCOc1c(Br)cc(F)cc1N1CC(CN=[N+]=[N-])CC1=O. The number of benzene rings is 1. The molecule has 1 aromatic carbocycles. The van der Waals surface area contributed by atoms with E-state index in [1.807, 2.05) is 6.92 Å². The van der Waals surface area contributed by atoms with Crippen molar-refractivity contribution in [1.82, 2.24) is 0 Å². The van der Waals surface area contributed by atoms with Crippen molar-refractivity contribution in [3.8, 4) is 5.75 Å². The van der Waals surface area contributed by atoms with E-state index in [9.17, 15) is 9.18 Å².